The Morgan fingerprint density at radius 2 is 1.78 bits per heavy atom. The molecule has 1 atom stereocenters. The third-order valence-corrected chi connectivity index (χ3v) is 8.07. The normalized spacial score (nSPS) is 16.8. The van der Waals surface area contributed by atoms with Crippen LogP contribution < -0.4 is 0 Å². The predicted molar refractivity (Wildman–Crippen MR) is 116 cm³/mol. The Hall–Kier alpha value is -2.50. The zero-order valence-electron chi connectivity index (χ0n) is 19.3. The second kappa shape index (κ2) is 9.16. The van der Waals surface area contributed by atoms with Crippen LogP contribution in [-0.2, 0) is 14.8 Å². The Labute approximate surface area is 187 Å². The molecule has 11 heteroatoms. The molecule has 1 N–H and O–H groups in total. The number of hydrogen-bond acceptors (Lipinski definition) is 8. The van der Waals surface area contributed by atoms with Crippen molar-refractivity contribution in [2.24, 2.45) is 0 Å². The van der Waals surface area contributed by atoms with Gasteiger partial charge < -0.3 is 14.2 Å². The Bertz CT molecular complexity index is 1110. The first kappa shape index (κ1) is 24.1. The number of aromatic amines is 1. The predicted octanol–water partition coefficient (Wildman–Crippen LogP) is 1.99. The van der Waals surface area contributed by atoms with Gasteiger partial charge in [0, 0.05) is 31.9 Å². The molecule has 2 aromatic heterocycles. The van der Waals surface area contributed by atoms with E-state index in [1.54, 1.807) is 41.5 Å². The van der Waals surface area contributed by atoms with Crippen molar-refractivity contribution in [2.45, 2.75) is 52.5 Å². The monoisotopic (exact) mass is 466 g/mol. The molecule has 0 bridgehead atoms. The number of aromatic nitrogens is 2. The molecule has 0 unspecified atom stereocenters. The van der Waals surface area contributed by atoms with Crippen molar-refractivity contribution >= 4 is 21.8 Å². The maximum Gasteiger partial charge on any atom is 0.340 e. The van der Waals surface area contributed by atoms with Crippen molar-refractivity contribution in [1.29, 1.82) is 0 Å². The van der Waals surface area contributed by atoms with E-state index >= 15 is 0 Å². The number of H-pyrrole nitrogens is 1. The minimum Gasteiger partial charge on any atom is -0.462 e. The van der Waals surface area contributed by atoms with E-state index in [1.165, 1.54) is 4.31 Å². The van der Waals surface area contributed by atoms with Crippen LogP contribution in [-0.4, -0.2) is 78.3 Å². The number of carbonyl (C=O) groups excluding carboxylic acids is 2. The topological polar surface area (TPSA) is 126 Å². The van der Waals surface area contributed by atoms with Gasteiger partial charge in [0.05, 0.1) is 23.9 Å². The van der Waals surface area contributed by atoms with Crippen LogP contribution in [0.15, 0.2) is 9.42 Å². The Balaban J connectivity index is 1.72. The zero-order valence-corrected chi connectivity index (χ0v) is 20.1. The highest BCUT2D eigenvalue weighted by Gasteiger charge is 2.36. The van der Waals surface area contributed by atoms with E-state index in [2.05, 4.69) is 10.1 Å². The third-order valence-electron chi connectivity index (χ3n) is 5.93. The summed E-state index contributed by atoms with van der Waals surface area (Å²) in [5.74, 6) is -0.338. The van der Waals surface area contributed by atoms with Crippen molar-refractivity contribution in [3.05, 3.63) is 34.0 Å². The minimum atomic E-state index is -3.72. The van der Waals surface area contributed by atoms with Crippen molar-refractivity contribution in [3.8, 4) is 0 Å². The lowest BCUT2D eigenvalue weighted by Crippen LogP contribution is -2.53. The molecule has 0 radical (unpaired) electrons. The molecule has 0 aliphatic carbocycles. The number of Topliss-reactive ketones (excluding diaryl/α,β-unsaturated/α-hetero) is 1. The summed E-state index contributed by atoms with van der Waals surface area (Å²) in [6, 6.07) is -0.481. The van der Waals surface area contributed by atoms with Crippen LogP contribution in [0.1, 0.15) is 57.4 Å². The summed E-state index contributed by atoms with van der Waals surface area (Å²) in [4.78, 5) is 30.5. The number of hydrogen-bond donors (Lipinski definition) is 1. The van der Waals surface area contributed by atoms with Crippen molar-refractivity contribution in [2.75, 3.05) is 32.8 Å². The molecule has 1 fully saturated rings. The van der Waals surface area contributed by atoms with Crippen molar-refractivity contribution in [3.63, 3.8) is 0 Å². The summed E-state index contributed by atoms with van der Waals surface area (Å²) in [7, 11) is -3.72. The third kappa shape index (κ3) is 4.24. The number of carbonyl (C=O) groups is 2. The van der Waals surface area contributed by atoms with E-state index in [-0.39, 0.29) is 36.1 Å². The lowest BCUT2D eigenvalue weighted by Gasteiger charge is -2.36. The largest absolute Gasteiger partial charge is 0.462 e. The highest BCUT2D eigenvalue weighted by atomic mass is 32.2. The van der Waals surface area contributed by atoms with Gasteiger partial charge in [0.15, 0.2) is 11.5 Å². The van der Waals surface area contributed by atoms with Gasteiger partial charge in [-0.05, 0) is 47.1 Å². The Morgan fingerprint density at radius 3 is 2.31 bits per heavy atom. The number of rotatable bonds is 7. The Morgan fingerprint density at radius 1 is 1.16 bits per heavy atom. The summed E-state index contributed by atoms with van der Waals surface area (Å²) >= 11 is 0. The van der Waals surface area contributed by atoms with Gasteiger partial charge in [0.1, 0.15) is 10.6 Å². The maximum absolute atomic E-state index is 13.2. The average Bonchev–Trinajstić information content (AvgIpc) is 3.24. The lowest BCUT2D eigenvalue weighted by atomic mass is 10.0. The van der Waals surface area contributed by atoms with E-state index in [9.17, 15) is 18.0 Å². The van der Waals surface area contributed by atoms with Crippen molar-refractivity contribution in [1.82, 2.24) is 19.3 Å². The van der Waals surface area contributed by atoms with Gasteiger partial charge in [-0.15, -0.1) is 0 Å². The standard InChI is InChI=1S/C21H30N4O6S/c1-7-30-21(27)17-12(2)18(22-13(17)3)19(26)15(5)24-8-10-25(11-9-24)32(28,29)20-14(4)23-31-16(20)6/h15,22H,7-11H2,1-6H3/t15-/m0/s1. The van der Waals surface area contributed by atoms with Crippen molar-refractivity contribution < 1.29 is 27.3 Å². The molecule has 2 aromatic rings. The summed E-state index contributed by atoms with van der Waals surface area (Å²) in [6.07, 6.45) is 0. The smallest absolute Gasteiger partial charge is 0.340 e. The van der Waals surface area contributed by atoms with E-state index in [0.717, 1.165) is 0 Å². The number of piperazine rings is 1. The van der Waals surface area contributed by atoms with Crippen LogP contribution >= 0.6 is 0 Å². The van der Waals surface area contributed by atoms with Crippen LogP contribution in [0.2, 0.25) is 0 Å². The number of esters is 1. The molecule has 3 rings (SSSR count). The van der Waals surface area contributed by atoms with E-state index in [0.29, 0.717) is 41.3 Å². The molecule has 0 aromatic carbocycles. The highest BCUT2D eigenvalue weighted by molar-refractivity contribution is 7.89. The fourth-order valence-electron chi connectivity index (χ4n) is 4.18. The van der Waals surface area contributed by atoms with E-state index < -0.39 is 22.0 Å². The fourth-order valence-corrected chi connectivity index (χ4v) is 5.90. The zero-order chi connectivity index (χ0) is 23.8. The fraction of sp³-hybridized carbons (Fsp3) is 0.571. The van der Waals surface area contributed by atoms with Gasteiger partial charge in [-0.2, -0.15) is 4.31 Å². The second-order valence-corrected chi connectivity index (χ2v) is 9.85. The van der Waals surface area contributed by atoms with Gasteiger partial charge in [-0.25, -0.2) is 13.2 Å². The summed E-state index contributed by atoms with van der Waals surface area (Å²) < 4.78 is 37.5. The number of ketones is 1. The van der Waals surface area contributed by atoms with Gasteiger partial charge in [-0.3, -0.25) is 9.69 Å². The number of ether oxygens (including phenoxy) is 1. The first-order chi connectivity index (χ1) is 15.0. The van der Waals surface area contributed by atoms with E-state index in [4.69, 9.17) is 9.26 Å². The molecule has 32 heavy (non-hydrogen) atoms. The molecule has 1 saturated heterocycles. The molecular weight excluding hydrogens is 436 g/mol. The van der Waals surface area contributed by atoms with E-state index in [1.807, 2.05) is 4.90 Å². The second-order valence-electron chi connectivity index (χ2n) is 7.98. The molecule has 1 aliphatic heterocycles. The SMILES string of the molecule is CCOC(=O)c1c(C)[nH]c(C(=O)[C@H](C)N2CCN(S(=O)(=O)c3c(C)noc3C)CC2)c1C. The first-order valence-corrected chi connectivity index (χ1v) is 12.0. The molecule has 10 nitrogen and oxygen atoms in total. The first-order valence-electron chi connectivity index (χ1n) is 10.6. The quantitative estimate of drug-likeness (QED) is 0.485. The number of aryl methyl sites for hydroxylation is 3. The van der Waals surface area contributed by atoms with Gasteiger partial charge in [-0.1, -0.05) is 5.16 Å². The van der Waals surface area contributed by atoms with Crippen LogP contribution in [0.4, 0.5) is 0 Å². The summed E-state index contributed by atoms with van der Waals surface area (Å²) in [5.41, 5.74) is 2.26. The average molecular weight is 467 g/mol. The van der Waals surface area contributed by atoms with Crippen LogP contribution in [0.5, 0.6) is 0 Å². The molecule has 3 heterocycles. The molecule has 0 saturated carbocycles. The maximum atomic E-state index is 13.2. The van der Waals surface area contributed by atoms with Gasteiger partial charge in [0.25, 0.3) is 0 Å². The molecular formula is C21H30N4O6S. The highest BCUT2D eigenvalue weighted by Crippen LogP contribution is 2.26. The lowest BCUT2D eigenvalue weighted by molar-refractivity contribution is 0.0525. The molecule has 176 valence electrons. The summed E-state index contributed by atoms with van der Waals surface area (Å²) in [6.45, 7) is 11.7. The number of sulfonamides is 1. The number of nitrogens with one attached hydrogen (secondary N) is 1. The van der Waals surface area contributed by atoms with Gasteiger partial charge >= 0.3 is 5.97 Å². The Kier molecular flexibility index (Phi) is 6.91. The van der Waals surface area contributed by atoms with Crippen LogP contribution in [0.25, 0.3) is 0 Å². The number of nitrogens with zero attached hydrogens (tertiary/aromatic N) is 3. The molecule has 1 aliphatic rings. The van der Waals surface area contributed by atoms with Crippen LogP contribution in [0.3, 0.4) is 0 Å². The van der Waals surface area contributed by atoms with Crippen LogP contribution in [0, 0.1) is 27.7 Å². The summed E-state index contributed by atoms with van der Waals surface area (Å²) in [5, 5.41) is 3.75. The molecule has 0 amide bonds. The molecule has 0 spiro atoms. The minimum absolute atomic E-state index is 0.110. The van der Waals surface area contributed by atoms with Gasteiger partial charge in [0.2, 0.25) is 10.0 Å².